The van der Waals surface area contributed by atoms with E-state index in [-0.39, 0.29) is 11.4 Å². The average Bonchev–Trinajstić information content (AvgIpc) is 2.81. The minimum atomic E-state index is -0.121. The van der Waals surface area contributed by atoms with Gasteiger partial charge >= 0.3 is 0 Å². The number of benzene rings is 1. The Hall–Kier alpha value is -1.35. The lowest BCUT2D eigenvalue weighted by atomic mass is 9.98. The average molecular weight is 260 g/mol. The molecule has 1 unspecified atom stereocenters. The molecule has 0 radical (unpaired) electrons. The van der Waals surface area contributed by atoms with Crippen molar-refractivity contribution in [1.82, 2.24) is 4.90 Å². The normalized spacial score (nSPS) is 22.8. The van der Waals surface area contributed by atoms with E-state index in [9.17, 15) is 4.79 Å². The number of likely N-dealkylation sites (tertiary alicyclic amines) is 1. The molecule has 0 aliphatic carbocycles. The van der Waals surface area contributed by atoms with Gasteiger partial charge in [0.25, 0.3) is 0 Å². The molecule has 1 amide bonds. The molecule has 0 saturated carbocycles. The van der Waals surface area contributed by atoms with Crippen LogP contribution >= 0.6 is 0 Å². The summed E-state index contributed by atoms with van der Waals surface area (Å²) < 4.78 is 0. The first-order chi connectivity index (χ1) is 9.05. The summed E-state index contributed by atoms with van der Waals surface area (Å²) in [5, 5.41) is 0. The predicted octanol–water partition coefficient (Wildman–Crippen LogP) is 2.27. The third kappa shape index (κ3) is 3.16. The Morgan fingerprint density at radius 1 is 1.37 bits per heavy atom. The molecule has 1 saturated heterocycles. The molecular weight excluding hydrogens is 236 g/mol. The number of hydrogen-bond donors (Lipinski definition) is 1. The number of carbonyl (C=O) groups is 1. The molecule has 1 heterocycles. The summed E-state index contributed by atoms with van der Waals surface area (Å²) in [7, 11) is 0. The van der Waals surface area contributed by atoms with E-state index in [0.29, 0.717) is 13.0 Å². The molecule has 1 atom stereocenters. The van der Waals surface area contributed by atoms with E-state index >= 15 is 0 Å². The minimum absolute atomic E-state index is 0.121. The molecule has 1 fully saturated rings. The number of carbonyl (C=O) groups excluding carboxylic acids is 1. The fraction of sp³-hybridized carbons (Fsp3) is 0.562. The van der Waals surface area contributed by atoms with Crippen molar-refractivity contribution in [3.63, 3.8) is 0 Å². The molecule has 19 heavy (non-hydrogen) atoms. The van der Waals surface area contributed by atoms with E-state index in [1.165, 1.54) is 11.1 Å². The van der Waals surface area contributed by atoms with Crippen LogP contribution in [0, 0.1) is 6.92 Å². The van der Waals surface area contributed by atoms with Crippen molar-refractivity contribution in [2.75, 3.05) is 13.1 Å². The van der Waals surface area contributed by atoms with Gasteiger partial charge in [0.1, 0.15) is 0 Å². The third-order valence-electron chi connectivity index (χ3n) is 4.24. The summed E-state index contributed by atoms with van der Waals surface area (Å²) in [6, 6.07) is 8.41. The Morgan fingerprint density at radius 2 is 2.05 bits per heavy atom. The van der Waals surface area contributed by atoms with Crippen LogP contribution in [0.1, 0.15) is 37.3 Å². The molecule has 2 rings (SSSR count). The molecule has 3 heteroatoms. The Labute approximate surface area is 115 Å². The Bertz CT molecular complexity index is 441. The van der Waals surface area contributed by atoms with Gasteiger partial charge in [0, 0.05) is 19.5 Å². The summed E-state index contributed by atoms with van der Waals surface area (Å²) in [5.41, 5.74) is 8.19. The second kappa shape index (κ2) is 5.74. The summed E-state index contributed by atoms with van der Waals surface area (Å²) >= 11 is 0. The van der Waals surface area contributed by atoms with Crippen molar-refractivity contribution in [3.8, 4) is 0 Å². The topological polar surface area (TPSA) is 46.3 Å². The minimum Gasteiger partial charge on any atom is -0.336 e. The highest BCUT2D eigenvalue weighted by atomic mass is 16.2. The number of amides is 1. The lowest BCUT2D eigenvalue weighted by Crippen LogP contribution is -2.50. The maximum atomic E-state index is 12.3. The molecule has 1 aromatic rings. The van der Waals surface area contributed by atoms with Crippen molar-refractivity contribution in [2.24, 2.45) is 5.73 Å². The smallest absolute Gasteiger partial charge is 0.223 e. The lowest BCUT2D eigenvalue weighted by molar-refractivity contribution is -0.134. The van der Waals surface area contributed by atoms with Crippen LogP contribution in [-0.4, -0.2) is 29.4 Å². The number of aryl methyl sites for hydroxylation is 2. The molecule has 0 spiro atoms. The van der Waals surface area contributed by atoms with Gasteiger partial charge in [-0.25, -0.2) is 0 Å². The standard InChI is InChI=1S/C16H24N2O/c1-13-4-6-14(7-5-13)8-9-15(19)18-11-3-10-16(18,2)12-17/h4-7H,3,8-12,17H2,1-2H3. The molecular formula is C16H24N2O. The zero-order valence-electron chi connectivity index (χ0n) is 12.0. The first-order valence-electron chi connectivity index (χ1n) is 7.11. The summed E-state index contributed by atoms with van der Waals surface area (Å²) in [5.74, 6) is 0.242. The SMILES string of the molecule is Cc1ccc(CCC(=O)N2CCCC2(C)CN)cc1. The maximum absolute atomic E-state index is 12.3. The van der Waals surface area contributed by atoms with Gasteiger partial charge in [-0.3, -0.25) is 4.79 Å². The molecule has 104 valence electrons. The van der Waals surface area contributed by atoms with Crippen LogP contribution in [0.15, 0.2) is 24.3 Å². The van der Waals surface area contributed by atoms with Crippen molar-refractivity contribution in [3.05, 3.63) is 35.4 Å². The first kappa shape index (κ1) is 14.1. The monoisotopic (exact) mass is 260 g/mol. The van der Waals surface area contributed by atoms with E-state index in [4.69, 9.17) is 5.73 Å². The number of rotatable bonds is 4. The van der Waals surface area contributed by atoms with E-state index in [1.54, 1.807) is 0 Å². The molecule has 1 aliphatic heterocycles. The van der Waals surface area contributed by atoms with E-state index in [2.05, 4.69) is 38.1 Å². The van der Waals surface area contributed by atoms with Crippen LogP contribution < -0.4 is 5.73 Å². The zero-order valence-corrected chi connectivity index (χ0v) is 12.0. The third-order valence-corrected chi connectivity index (χ3v) is 4.24. The van der Waals surface area contributed by atoms with Gasteiger partial charge in [-0.15, -0.1) is 0 Å². The second-order valence-corrected chi connectivity index (χ2v) is 5.84. The van der Waals surface area contributed by atoms with Crippen molar-refractivity contribution in [2.45, 2.75) is 45.1 Å². The largest absolute Gasteiger partial charge is 0.336 e. The summed E-state index contributed by atoms with van der Waals surface area (Å²) in [6.45, 7) is 5.60. The van der Waals surface area contributed by atoms with Crippen molar-refractivity contribution >= 4 is 5.91 Å². The van der Waals surface area contributed by atoms with E-state index in [1.807, 2.05) is 4.90 Å². The van der Waals surface area contributed by atoms with Crippen molar-refractivity contribution < 1.29 is 4.79 Å². The van der Waals surface area contributed by atoms with Gasteiger partial charge in [-0.1, -0.05) is 29.8 Å². The summed E-state index contributed by atoms with van der Waals surface area (Å²) in [6.07, 6.45) is 3.50. The zero-order chi connectivity index (χ0) is 13.9. The Kier molecular flexibility index (Phi) is 4.25. The molecule has 1 aliphatic rings. The Morgan fingerprint density at radius 3 is 2.68 bits per heavy atom. The quantitative estimate of drug-likeness (QED) is 0.902. The number of nitrogens with two attached hydrogens (primary N) is 1. The van der Waals surface area contributed by atoms with Crippen LogP contribution in [0.2, 0.25) is 0 Å². The van der Waals surface area contributed by atoms with E-state index < -0.39 is 0 Å². The Balaban J connectivity index is 1.92. The highest BCUT2D eigenvalue weighted by molar-refractivity contribution is 5.77. The molecule has 1 aromatic carbocycles. The fourth-order valence-corrected chi connectivity index (χ4v) is 2.80. The summed E-state index contributed by atoms with van der Waals surface area (Å²) in [4.78, 5) is 14.3. The van der Waals surface area contributed by atoms with Gasteiger partial charge in [-0.05, 0) is 38.7 Å². The van der Waals surface area contributed by atoms with Crippen molar-refractivity contribution in [1.29, 1.82) is 0 Å². The molecule has 3 nitrogen and oxygen atoms in total. The van der Waals surface area contributed by atoms with Gasteiger partial charge in [-0.2, -0.15) is 0 Å². The van der Waals surface area contributed by atoms with Crippen LogP contribution in [0.5, 0.6) is 0 Å². The fourth-order valence-electron chi connectivity index (χ4n) is 2.80. The first-order valence-corrected chi connectivity index (χ1v) is 7.11. The van der Waals surface area contributed by atoms with Gasteiger partial charge in [0.15, 0.2) is 0 Å². The lowest BCUT2D eigenvalue weighted by Gasteiger charge is -2.34. The highest BCUT2D eigenvalue weighted by Gasteiger charge is 2.37. The maximum Gasteiger partial charge on any atom is 0.223 e. The van der Waals surface area contributed by atoms with E-state index in [0.717, 1.165) is 25.8 Å². The van der Waals surface area contributed by atoms with Gasteiger partial charge < -0.3 is 10.6 Å². The molecule has 0 aromatic heterocycles. The highest BCUT2D eigenvalue weighted by Crippen LogP contribution is 2.28. The van der Waals surface area contributed by atoms with Gasteiger partial charge in [0.05, 0.1) is 5.54 Å². The second-order valence-electron chi connectivity index (χ2n) is 5.84. The molecule has 2 N–H and O–H groups in total. The number of nitrogens with zero attached hydrogens (tertiary/aromatic N) is 1. The van der Waals surface area contributed by atoms with Crippen LogP contribution in [0.25, 0.3) is 0 Å². The predicted molar refractivity (Wildman–Crippen MR) is 77.9 cm³/mol. The molecule has 0 bridgehead atoms. The van der Waals surface area contributed by atoms with Crippen LogP contribution in [-0.2, 0) is 11.2 Å². The number of hydrogen-bond acceptors (Lipinski definition) is 2. The van der Waals surface area contributed by atoms with Gasteiger partial charge in [0.2, 0.25) is 5.91 Å². The van der Waals surface area contributed by atoms with Crippen LogP contribution in [0.4, 0.5) is 0 Å². The van der Waals surface area contributed by atoms with Crippen LogP contribution in [0.3, 0.4) is 0 Å².